The molecule has 1 aromatic carbocycles. The van der Waals surface area contributed by atoms with Crippen LogP contribution in [0.15, 0.2) is 23.1 Å². The van der Waals surface area contributed by atoms with Crippen LogP contribution in [0.3, 0.4) is 0 Å². The van der Waals surface area contributed by atoms with Crippen molar-refractivity contribution in [1.29, 1.82) is 0 Å². The quantitative estimate of drug-likeness (QED) is 0.779. The Hall–Kier alpha value is -0.800. The van der Waals surface area contributed by atoms with Crippen LogP contribution in [0.2, 0.25) is 0 Å². The van der Waals surface area contributed by atoms with Crippen molar-refractivity contribution in [3.63, 3.8) is 0 Å². The van der Waals surface area contributed by atoms with Gasteiger partial charge < -0.3 is 0 Å². The second-order valence-electron chi connectivity index (χ2n) is 4.82. The van der Waals surface area contributed by atoms with Crippen LogP contribution in [0, 0.1) is 0 Å². The predicted octanol–water partition coefficient (Wildman–Crippen LogP) is 1.24. The highest BCUT2D eigenvalue weighted by molar-refractivity contribution is 7.89. The molecule has 1 aromatic heterocycles. The number of hydrogen-bond donors (Lipinski definition) is 0. The highest BCUT2D eigenvalue weighted by atomic mass is 35.5. The molecule has 0 saturated carbocycles. The van der Waals surface area contributed by atoms with E-state index in [0.29, 0.717) is 43.1 Å². The lowest BCUT2D eigenvalue weighted by Gasteiger charge is -2.33. The molecule has 21 heavy (non-hydrogen) atoms. The Balaban J connectivity index is 1.86. The van der Waals surface area contributed by atoms with Gasteiger partial charge in [0, 0.05) is 38.6 Å². The van der Waals surface area contributed by atoms with Crippen LogP contribution in [0.4, 0.5) is 0 Å². The van der Waals surface area contributed by atoms with E-state index in [1.165, 1.54) is 4.31 Å². The van der Waals surface area contributed by atoms with Gasteiger partial charge in [-0.2, -0.15) is 13.1 Å². The van der Waals surface area contributed by atoms with Crippen LogP contribution in [0.1, 0.15) is 0 Å². The summed E-state index contributed by atoms with van der Waals surface area (Å²) in [6, 6.07) is 5.08. The molecule has 6 nitrogen and oxygen atoms in total. The van der Waals surface area contributed by atoms with Crippen LogP contribution in [0.25, 0.3) is 11.0 Å². The van der Waals surface area contributed by atoms with Gasteiger partial charge in [-0.25, -0.2) is 8.42 Å². The second kappa shape index (κ2) is 6.13. The molecule has 2 heterocycles. The molecule has 0 unspecified atom stereocenters. The van der Waals surface area contributed by atoms with E-state index in [9.17, 15) is 8.42 Å². The molecule has 0 amide bonds. The Morgan fingerprint density at radius 2 is 1.95 bits per heavy atom. The number of fused-ring (bicyclic) bond motifs is 1. The maximum atomic E-state index is 12.8. The molecule has 1 aliphatic heterocycles. The zero-order valence-electron chi connectivity index (χ0n) is 11.3. The fourth-order valence-electron chi connectivity index (χ4n) is 2.44. The zero-order valence-corrected chi connectivity index (χ0v) is 13.7. The first kappa shape index (κ1) is 15.1. The number of nitrogens with zero attached hydrogens (tertiary/aromatic N) is 4. The minimum absolute atomic E-state index is 0.250. The fraction of sp³-hybridized carbons (Fsp3) is 0.500. The average molecular weight is 347 g/mol. The molecular weight excluding hydrogens is 332 g/mol. The number of halogens is 1. The highest BCUT2D eigenvalue weighted by Crippen LogP contribution is 2.25. The lowest BCUT2D eigenvalue weighted by atomic mass is 10.3. The summed E-state index contributed by atoms with van der Waals surface area (Å²) in [4.78, 5) is 2.42. The number of rotatable bonds is 4. The van der Waals surface area contributed by atoms with E-state index in [1.807, 2.05) is 0 Å². The van der Waals surface area contributed by atoms with Crippen LogP contribution >= 0.6 is 23.3 Å². The van der Waals surface area contributed by atoms with Crippen molar-refractivity contribution in [2.75, 3.05) is 38.6 Å². The summed E-state index contributed by atoms with van der Waals surface area (Å²) < 4.78 is 35.3. The third-order valence-corrected chi connectivity index (χ3v) is 6.24. The first-order valence-electron chi connectivity index (χ1n) is 6.62. The number of sulfonamides is 1. The van der Waals surface area contributed by atoms with Crippen molar-refractivity contribution in [1.82, 2.24) is 18.0 Å². The van der Waals surface area contributed by atoms with Crippen molar-refractivity contribution < 1.29 is 8.42 Å². The Morgan fingerprint density at radius 3 is 2.67 bits per heavy atom. The molecular formula is C12H15ClN4O2S2. The van der Waals surface area contributed by atoms with Gasteiger partial charge in [0.25, 0.3) is 0 Å². The molecule has 9 heteroatoms. The summed E-state index contributed by atoms with van der Waals surface area (Å²) >= 11 is 6.75. The van der Waals surface area contributed by atoms with Gasteiger partial charge in [0.1, 0.15) is 15.9 Å². The van der Waals surface area contributed by atoms with Gasteiger partial charge in [-0.3, -0.25) is 4.90 Å². The smallest absolute Gasteiger partial charge is 0.245 e. The molecule has 0 bridgehead atoms. The molecule has 0 aliphatic carbocycles. The molecule has 0 atom stereocenters. The average Bonchev–Trinajstić information content (AvgIpc) is 2.96. The molecule has 1 aliphatic rings. The van der Waals surface area contributed by atoms with Crippen LogP contribution in [0.5, 0.6) is 0 Å². The van der Waals surface area contributed by atoms with E-state index >= 15 is 0 Å². The Kier molecular flexibility index (Phi) is 4.41. The van der Waals surface area contributed by atoms with E-state index in [1.54, 1.807) is 18.2 Å². The monoisotopic (exact) mass is 346 g/mol. The number of alkyl halides is 1. The third kappa shape index (κ3) is 2.91. The molecule has 0 radical (unpaired) electrons. The van der Waals surface area contributed by atoms with Crippen molar-refractivity contribution in [2.24, 2.45) is 0 Å². The summed E-state index contributed by atoms with van der Waals surface area (Å²) in [6.07, 6.45) is 0. The van der Waals surface area contributed by atoms with Crippen molar-refractivity contribution >= 4 is 44.4 Å². The van der Waals surface area contributed by atoms with E-state index in [0.717, 1.165) is 18.3 Å². The van der Waals surface area contributed by atoms with Crippen LogP contribution in [-0.2, 0) is 10.0 Å². The van der Waals surface area contributed by atoms with Gasteiger partial charge in [-0.05, 0) is 12.1 Å². The standard InChI is InChI=1S/C12H15ClN4O2S2/c13-4-5-16-6-8-17(9-7-16)21(18,19)11-3-1-2-10-12(11)15-20-14-10/h1-3H,4-9H2. The number of piperazine rings is 1. The predicted molar refractivity (Wildman–Crippen MR) is 83.3 cm³/mol. The molecule has 1 saturated heterocycles. The second-order valence-corrected chi connectivity index (χ2v) is 7.64. The fourth-order valence-corrected chi connectivity index (χ4v) is 4.86. The zero-order chi connectivity index (χ0) is 14.9. The van der Waals surface area contributed by atoms with E-state index in [2.05, 4.69) is 13.6 Å². The minimum atomic E-state index is -3.52. The van der Waals surface area contributed by atoms with Gasteiger partial charge in [0.2, 0.25) is 10.0 Å². The van der Waals surface area contributed by atoms with E-state index < -0.39 is 10.0 Å². The molecule has 3 rings (SSSR count). The summed E-state index contributed by atoms with van der Waals surface area (Å²) in [5, 5.41) is 0. The van der Waals surface area contributed by atoms with Crippen molar-refractivity contribution in [3.8, 4) is 0 Å². The maximum absolute atomic E-state index is 12.8. The topological polar surface area (TPSA) is 66.4 Å². The van der Waals surface area contributed by atoms with Gasteiger partial charge in [0.15, 0.2) is 0 Å². The number of hydrogen-bond acceptors (Lipinski definition) is 6. The third-order valence-electron chi connectivity index (χ3n) is 3.60. The normalized spacial score (nSPS) is 18.3. The van der Waals surface area contributed by atoms with Crippen molar-refractivity contribution in [2.45, 2.75) is 4.90 Å². The van der Waals surface area contributed by atoms with Gasteiger partial charge in [-0.15, -0.1) is 11.6 Å². The Labute approximate surface area is 132 Å². The van der Waals surface area contributed by atoms with Gasteiger partial charge in [-0.1, -0.05) is 6.07 Å². The van der Waals surface area contributed by atoms with Gasteiger partial charge >= 0.3 is 0 Å². The van der Waals surface area contributed by atoms with Gasteiger partial charge in [0.05, 0.1) is 11.7 Å². The summed E-state index contributed by atoms with van der Waals surface area (Å²) in [5.74, 6) is 0.566. The number of benzene rings is 1. The molecule has 1 fully saturated rings. The van der Waals surface area contributed by atoms with E-state index in [-0.39, 0.29) is 4.90 Å². The lowest BCUT2D eigenvalue weighted by Crippen LogP contribution is -2.49. The van der Waals surface area contributed by atoms with E-state index in [4.69, 9.17) is 11.6 Å². The summed E-state index contributed by atoms with van der Waals surface area (Å²) in [5.41, 5.74) is 1.09. The Bertz CT molecular complexity index is 726. The number of aromatic nitrogens is 2. The highest BCUT2D eigenvalue weighted by Gasteiger charge is 2.30. The van der Waals surface area contributed by atoms with Crippen LogP contribution < -0.4 is 0 Å². The SMILES string of the molecule is O=S(=O)(c1cccc2nsnc12)N1CCN(CCCl)CC1. The molecule has 114 valence electrons. The molecule has 0 N–H and O–H groups in total. The maximum Gasteiger partial charge on any atom is 0.245 e. The first-order chi connectivity index (χ1) is 10.1. The molecule has 2 aromatic rings. The van der Waals surface area contributed by atoms with Crippen molar-refractivity contribution in [3.05, 3.63) is 18.2 Å². The minimum Gasteiger partial charge on any atom is -0.300 e. The van der Waals surface area contributed by atoms with Crippen LogP contribution in [-0.4, -0.2) is 65.0 Å². The molecule has 0 spiro atoms. The summed E-state index contributed by atoms with van der Waals surface area (Å²) in [6.45, 7) is 3.16. The summed E-state index contributed by atoms with van der Waals surface area (Å²) in [7, 11) is -3.52. The lowest BCUT2D eigenvalue weighted by molar-refractivity contribution is 0.197. The largest absolute Gasteiger partial charge is 0.300 e. The Morgan fingerprint density at radius 1 is 1.19 bits per heavy atom. The first-order valence-corrected chi connectivity index (χ1v) is 9.33.